The maximum Gasteiger partial charge on any atom is 0.205 e. The van der Waals surface area contributed by atoms with Gasteiger partial charge in [0.05, 0.1) is 12.8 Å². The monoisotopic (exact) mass is 156 g/mol. The second-order valence-electron chi connectivity index (χ2n) is 2.34. The van der Waals surface area contributed by atoms with Crippen LogP contribution < -0.4 is 0 Å². The molecule has 0 N–H and O–H groups in total. The highest BCUT2D eigenvalue weighted by Gasteiger charge is 2.20. The molecule has 0 aromatic carbocycles. The van der Waals surface area contributed by atoms with E-state index in [4.69, 9.17) is 10.9 Å². The summed E-state index contributed by atoms with van der Waals surface area (Å²) in [6.45, 7) is 2.00. The molecule has 0 amide bonds. The average molecular weight is 156 g/mol. The van der Waals surface area contributed by atoms with Crippen molar-refractivity contribution in [1.29, 1.82) is 0 Å². The lowest BCUT2D eigenvalue weighted by molar-refractivity contribution is 0.352. The highest BCUT2D eigenvalue weighted by molar-refractivity contribution is 7.58. The van der Waals surface area contributed by atoms with Gasteiger partial charge < -0.3 is 4.52 Å². The molecule has 0 bridgehead atoms. The summed E-state index contributed by atoms with van der Waals surface area (Å²) in [6.07, 6.45) is 7.34. The Hall–Kier alpha value is -0.510. The van der Waals surface area contributed by atoms with Crippen molar-refractivity contribution in [3.05, 3.63) is 11.6 Å². The van der Waals surface area contributed by atoms with Gasteiger partial charge in [0.15, 0.2) is 0 Å². The molecule has 3 heteroatoms. The molecule has 2 nitrogen and oxygen atoms in total. The minimum atomic E-state index is -2.37. The SMILES string of the molecule is C#CC1=CCOP(C)(=O)C1. The van der Waals surface area contributed by atoms with Gasteiger partial charge >= 0.3 is 0 Å². The molecule has 0 saturated heterocycles. The van der Waals surface area contributed by atoms with Crippen molar-refractivity contribution in [2.45, 2.75) is 0 Å². The summed E-state index contributed by atoms with van der Waals surface area (Å²) < 4.78 is 16.2. The fourth-order valence-corrected chi connectivity index (χ4v) is 2.14. The van der Waals surface area contributed by atoms with Gasteiger partial charge in [0.1, 0.15) is 0 Å². The first-order valence-corrected chi connectivity index (χ1v) is 5.26. The average Bonchev–Trinajstić information content (AvgIpc) is 1.86. The number of allylic oxidation sites excluding steroid dienone is 1. The van der Waals surface area contributed by atoms with E-state index in [2.05, 4.69) is 5.92 Å². The first kappa shape index (κ1) is 7.60. The van der Waals surface area contributed by atoms with Crippen LogP contribution in [0.4, 0.5) is 0 Å². The van der Waals surface area contributed by atoms with Crippen molar-refractivity contribution < 1.29 is 9.09 Å². The predicted molar refractivity (Wildman–Crippen MR) is 41.3 cm³/mol. The van der Waals surface area contributed by atoms with Gasteiger partial charge in [-0.3, -0.25) is 4.57 Å². The Bertz CT molecular complexity index is 247. The van der Waals surface area contributed by atoms with Crippen molar-refractivity contribution >= 4 is 7.37 Å². The van der Waals surface area contributed by atoms with Gasteiger partial charge in [-0.05, 0) is 6.08 Å². The highest BCUT2D eigenvalue weighted by Crippen LogP contribution is 2.46. The van der Waals surface area contributed by atoms with Gasteiger partial charge in [-0.25, -0.2) is 0 Å². The Kier molecular flexibility index (Phi) is 1.99. The van der Waals surface area contributed by atoms with E-state index in [-0.39, 0.29) is 0 Å². The van der Waals surface area contributed by atoms with Crippen LogP contribution in [0.1, 0.15) is 0 Å². The van der Waals surface area contributed by atoms with E-state index in [1.165, 1.54) is 0 Å². The Labute approximate surface area is 60.7 Å². The first-order chi connectivity index (χ1) is 4.64. The summed E-state index contributed by atoms with van der Waals surface area (Å²) in [7, 11) is -2.37. The molecule has 0 aliphatic carbocycles. The Balaban J connectivity index is 2.78. The van der Waals surface area contributed by atoms with Crippen molar-refractivity contribution in [2.24, 2.45) is 0 Å². The Morgan fingerprint density at radius 1 is 1.90 bits per heavy atom. The van der Waals surface area contributed by atoms with Gasteiger partial charge in [0.2, 0.25) is 7.37 Å². The minimum Gasteiger partial charge on any atom is -0.324 e. The van der Waals surface area contributed by atoms with Crippen LogP contribution in [0.25, 0.3) is 0 Å². The van der Waals surface area contributed by atoms with Crippen LogP contribution in [0, 0.1) is 12.3 Å². The molecule has 0 fully saturated rings. The first-order valence-electron chi connectivity index (χ1n) is 3.01. The molecule has 1 heterocycles. The third-order valence-electron chi connectivity index (χ3n) is 1.32. The Morgan fingerprint density at radius 2 is 2.60 bits per heavy atom. The number of terminal acetylenes is 1. The summed E-state index contributed by atoms with van der Waals surface area (Å²) in [6, 6.07) is 0. The lowest BCUT2D eigenvalue weighted by atomic mass is 10.3. The van der Waals surface area contributed by atoms with E-state index < -0.39 is 7.37 Å². The largest absolute Gasteiger partial charge is 0.324 e. The third kappa shape index (κ3) is 1.73. The lowest BCUT2D eigenvalue weighted by Crippen LogP contribution is -2.03. The molecule has 1 unspecified atom stereocenters. The van der Waals surface area contributed by atoms with Crippen LogP contribution >= 0.6 is 7.37 Å². The van der Waals surface area contributed by atoms with E-state index in [9.17, 15) is 4.57 Å². The van der Waals surface area contributed by atoms with Crippen LogP contribution in [-0.2, 0) is 9.09 Å². The van der Waals surface area contributed by atoms with E-state index in [0.717, 1.165) is 5.57 Å². The van der Waals surface area contributed by atoms with Gasteiger partial charge in [0.25, 0.3) is 0 Å². The number of hydrogen-bond donors (Lipinski definition) is 0. The van der Waals surface area contributed by atoms with Crippen LogP contribution in [0.15, 0.2) is 11.6 Å². The molecule has 0 radical (unpaired) electrons. The van der Waals surface area contributed by atoms with Crippen molar-refractivity contribution in [1.82, 2.24) is 0 Å². The molecular weight excluding hydrogens is 147 g/mol. The van der Waals surface area contributed by atoms with Gasteiger partial charge in [-0.15, -0.1) is 6.42 Å². The van der Waals surface area contributed by atoms with Gasteiger partial charge in [0, 0.05) is 12.2 Å². The quantitative estimate of drug-likeness (QED) is 0.392. The van der Waals surface area contributed by atoms with E-state index in [1.807, 2.05) is 0 Å². The molecule has 0 aromatic rings. The Morgan fingerprint density at radius 3 is 3.00 bits per heavy atom. The fraction of sp³-hybridized carbons (Fsp3) is 0.429. The summed E-state index contributed by atoms with van der Waals surface area (Å²) >= 11 is 0. The summed E-state index contributed by atoms with van der Waals surface area (Å²) in [5, 5.41) is 0. The smallest absolute Gasteiger partial charge is 0.205 e. The summed E-state index contributed by atoms with van der Waals surface area (Å²) in [5.74, 6) is 2.47. The minimum absolute atomic E-state index is 0.396. The molecule has 10 heavy (non-hydrogen) atoms. The maximum atomic E-state index is 11.2. The molecule has 0 saturated carbocycles. The van der Waals surface area contributed by atoms with Crippen molar-refractivity contribution in [2.75, 3.05) is 19.4 Å². The zero-order valence-electron chi connectivity index (χ0n) is 5.83. The zero-order valence-corrected chi connectivity index (χ0v) is 6.73. The van der Waals surface area contributed by atoms with Crippen molar-refractivity contribution in [3.8, 4) is 12.3 Å². The summed E-state index contributed by atoms with van der Waals surface area (Å²) in [4.78, 5) is 0. The number of rotatable bonds is 0. The van der Waals surface area contributed by atoms with Gasteiger partial charge in [-0.1, -0.05) is 5.92 Å². The second-order valence-corrected chi connectivity index (χ2v) is 4.94. The normalized spacial score (nSPS) is 32.6. The maximum absolute atomic E-state index is 11.2. The predicted octanol–water partition coefficient (Wildman–Crippen LogP) is 1.48. The van der Waals surface area contributed by atoms with Crippen LogP contribution in [0.5, 0.6) is 0 Å². The highest BCUT2D eigenvalue weighted by atomic mass is 31.2. The van der Waals surface area contributed by atoms with E-state index >= 15 is 0 Å². The fourth-order valence-electron chi connectivity index (χ4n) is 0.820. The zero-order chi connectivity index (χ0) is 7.61. The van der Waals surface area contributed by atoms with E-state index in [1.54, 1.807) is 12.7 Å². The second kappa shape index (κ2) is 2.62. The third-order valence-corrected chi connectivity index (χ3v) is 2.93. The van der Waals surface area contributed by atoms with E-state index in [0.29, 0.717) is 12.8 Å². The molecule has 1 atom stereocenters. The molecule has 0 spiro atoms. The van der Waals surface area contributed by atoms with Crippen LogP contribution in [0.2, 0.25) is 0 Å². The standard InChI is InChI=1S/C7H9O2P/c1-3-7-4-5-9-10(2,8)6-7/h1,4H,5-6H2,2H3. The van der Waals surface area contributed by atoms with Crippen LogP contribution in [-0.4, -0.2) is 19.4 Å². The molecule has 1 aliphatic heterocycles. The van der Waals surface area contributed by atoms with Crippen molar-refractivity contribution in [3.63, 3.8) is 0 Å². The summed E-state index contributed by atoms with van der Waals surface area (Å²) in [5.41, 5.74) is 0.803. The molecule has 54 valence electrons. The molecular formula is C7H9O2P. The van der Waals surface area contributed by atoms with Gasteiger partial charge in [-0.2, -0.15) is 0 Å². The molecule has 1 aliphatic rings. The molecule has 1 rings (SSSR count). The molecule has 0 aromatic heterocycles. The topological polar surface area (TPSA) is 26.3 Å². The van der Waals surface area contributed by atoms with Crippen LogP contribution in [0.3, 0.4) is 0 Å². The lowest BCUT2D eigenvalue weighted by Gasteiger charge is -2.16. The number of hydrogen-bond acceptors (Lipinski definition) is 2.